The van der Waals surface area contributed by atoms with E-state index in [4.69, 9.17) is 11.6 Å². The van der Waals surface area contributed by atoms with Gasteiger partial charge in [-0.3, -0.25) is 4.79 Å². The molecule has 0 heterocycles. The van der Waals surface area contributed by atoms with Crippen molar-refractivity contribution >= 4 is 17.5 Å². The van der Waals surface area contributed by atoms with Gasteiger partial charge in [-0.15, -0.1) is 0 Å². The number of halogens is 1. The summed E-state index contributed by atoms with van der Waals surface area (Å²) in [4.78, 5) is 12.1. The number of benzene rings is 2. The molecule has 0 aliphatic rings. The summed E-state index contributed by atoms with van der Waals surface area (Å²) in [5, 5.41) is 21.7. The molecule has 5 heteroatoms. The predicted molar refractivity (Wildman–Crippen MR) is 76.9 cm³/mol. The first-order chi connectivity index (χ1) is 9.61. The maximum Gasteiger partial charge on any atom is 0.253 e. The van der Waals surface area contributed by atoms with Crippen molar-refractivity contribution in [2.24, 2.45) is 0 Å². The van der Waals surface area contributed by atoms with Crippen LogP contribution in [0.2, 0.25) is 5.02 Å². The first-order valence-corrected chi connectivity index (χ1v) is 6.45. The number of hydrogen-bond acceptors (Lipinski definition) is 3. The largest absolute Gasteiger partial charge is 0.508 e. The third-order valence-electron chi connectivity index (χ3n) is 2.88. The topological polar surface area (TPSA) is 69.6 Å². The number of hydrogen-bond donors (Lipinski definition) is 3. The Hall–Kier alpha value is -2.04. The number of aromatic hydroxyl groups is 1. The maximum absolute atomic E-state index is 12.1. The van der Waals surface area contributed by atoms with E-state index in [-0.39, 0.29) is 22.9 Å². The number of aliphatic hydroxyl groups excluding tert-OH is 1. The molecule has 0 aliphatic carbocycles. The van der Waals surface area contributed by atoms with Crippen molar-refractivity contribution < 1.29 is 15.0 Å². The van der Waals surface area contributed by atoms with Crippen molar-refractivity contribution in [2.75, 3.05) is 6.61 Å². The molecule has 1 unspecified atom stereocenters. The highest BCUT2D eigenvalue weighted by Gasteiger charge is 2.17. The van der Waals surface area contributed by atoms with Crippen LogP contribution in [0.4, 0.5) is 0 Å². The summed E-state index contributed by atoms with van der Waals surface area (Å²) in [5.41, 5.74) is 0.959. The Labute approximate surface area is 121 Å². The average molecular weight is 292 g/mol. The van der Waals surface area contributed by atoms with Crippen molar-refractivity contribution in [3.05, 3.63) is 64.7 Å². The molecule has 2 aromatic rings. The fourth-order valence-electron chi connectivity index (χ4n) is 1.84. The fourth-order valence-corrected chi connectivity index (χ4v) is 2.05. The molecule has 0 radical (unpaired) electrons. The van der Waals surface area contributed by atoms with Crippen LogP contribution in [0.3, 0.4) is 0 Å². The molecule has 3 N–H and O–H groups in total. The smallest absolute Gasteiger partial charge is 0.253 e. The van der Waals surface area contributed by atoms with Gasteiger partial charge in [0.1, 0.15) is 5.75 Å². The van der Waals surface area contributed by atoms with Gasteiger partial charge in [-0.2, -0.15) is 0 Å². The summed E-state index contributed by atoms with van der Waals surface area (Å²) in [7, 11) is 0. The first-order valence-electron chi connectivity index (χ1n) is 6.07. The second-order valence-electron chi connectivity index (χ2n) is 4.28. The van der Waals surface area contributed by atoms with Crippen LogP contribution in [0.15, 0.2) is 48.5 Å². The molecule has 1 amide bonds. The van der Waals surface area contributed by atoms with E-state index in [2.05, 4.69) is 5.32 Å². The van der Waals surface area contributed by atoms with Gasteiger partial charge in [0.15, 0.2) is 0 Å². The minimum absolute atomic E-state index is 0.0418. The molecule has 0 aliphatic heterocycles. The van der Waals surface area contributed by atoms with E-state index in [9.17, 15) is 15.0 Å². The Morgan fingerprint density at radius 2 is 1.90 bits per heavy atom. The predicted octanol–water partition coefficient (Wildman–Crippen LogP) is 2.51. The molecule has 0 saturated carbocycles. The number of nitrogens with one attached hydrogen (secondary N) is 1. The molecule has 4 nitrogen and oxygen atoms in total. The first kappa shape index (κ1) is 14.4. The minimum Gasteiger partial charge on any atom is -0.508 e. The lowest BCUT2D eigenvalue weighted by Gasteiger charge is -2.17. The second-order valence-corrected chi connectivity index (χ2v) is 4.69. The van der Waals surface area contributed by atoms with E-state index in [0.29, 0.717) is 0 Å². The van der Waals surface area contributed by atoms with E-state index in [1.807, 2.05) is 30.3 Å². The van der Waals surface area contributed by atoms with Crippen molar-refractivity contribution in [2.45, 2.75) is 6.04 Å². The van der Waals surface area contributed by atoms with E-state index in [1.54, 1.807) is 0 Å². The highest BCUT2D eigenvalue weighted by Crippen LogP contribution is 2.22. The molecular weight excluding hydrogens is 278 g/mol. The van der Waals surface area contributed by atoms with E-state index in [1.165, 1.54) is 18.2 Å². The van der Waals surface area contributed by atoms with Crippen LogP contribution in [-0.2, 0) is 0 Å². The third-order valence-corrected chi connectivity index (χ3v) is 3.21. The fraction of sp³-hybridized carbons (Fsp3) is 0.133. The van der Waals surface area contributed by atoms with Crippen molar-refractivity contribution in [1.29, 1.82) is 0 Å². The van der Waals surface area contributed by atoms with Crippen LogP contribution in [0.5, 0.6) is 5.75 Å². The van der Waals surface area contributed by atoms with Crippen LogP contribution in [0.25, 0.3) is 0 Å². The number of phenolic OH excluding ortho intramolecular Hbond substituents is 1. The van der Waals surface area contributed by atoms with Gasteiger partial charge in [-0.1, -0.05) is 41.9 Å². The standard InChI is InChI=1S/C15H14ClNO3/c16-13-7-6-11(19)8-12(13)15(20)17-14(9-18)10-4-2-1-3-5-10/h1-8,14,18-19H,9H2,(H,17,20). The minimum atomic E-state index is -0.526. The van der Waals surface area contributed by atoms with Gasteiger partial charge in [-0.25, -0.2) is 0 Å². The quantitative estimate of drug-likeness (QED) is 0.811. The lowest BCUT2D eigenvalue weighted by molar-refractivity contribution is 0.0916. The van der Waals surface area contributed by atoms with E-state index < -0.39 is 11.9 Å². The number of phenols is 1. The Morgan fingerprint density at radius 1 is 1.20 bits per heavy atom. The van der Waals surface area contributed by atoms with Crippen LogP contribution >= 0.6 is 11.6 Å². The van der Waals surface area contributed by atoms with Crippen LogP contribution in [0.1, 0.15) is 22.0 Å². The molecule has 2 aromatic carbocycles. The monoisotopic (exact) mass is 291 g/mol. The number of amides is 1. The molecule has 0 spiro atoms. The van der Waals surface area contributed by atoms with Gasteiger partial charge in [0, 0.05) is 0 Å². The molecule has 0 bridgehead atoms. The summed E-state index contributed by atoms with van der Waals surface area (Å²) in [6.07, 6.45) is 0. The zero-order valence-electron chi connectivity index (χ0n) is 10.6. The van der Waals surface area contributed by atoms with Crippen LogP contribution < -0.4 is 5.32 Å². The molecule has 0 fully saturated rings. The number of aliphatic hydroxyl groups is 1. The molecule has 1 atom stereocenters. The highest BCUT2D eigenvalue weighted by molar-refractivity contribution is 6.33. The summed E-state index contributed by atoms with van der Waals surface area (Å²) >= 11 is 5.93. The van der Waals surface area contributed by atoms with Gasteiger partial charge in [-0.05, 0) is 23.8 Å². The summed E-state index contributed by atoms with van der Waals surface area (Å²) in [5.74, 6) is -0.492. The molecular formula is C15H14ClNO3. The van der Waals surface area contributed by atoms with Crippen LogP contribution in [0, 0.1) is 0 Å². The number of rotatable bonds is 4. The second kappa shape index (κ2) is 6.41. The van der Waals surface area contributed by atoms with E-state index >= 15 is 0 Å². The normalized spacial score (nSPS) is 11.9. The third kappa shape index (κ3) is 3.29. The van der Waals surface area contributed by atoms with Crippen LogP contribution in [-0.4, -0.2) is 22.7 Å². The number of carbonyl (C=O) groups is 1. The maximum atomic E-state index is 12.1. The number of carbonyl (C=O) groups excluding carboxylic acids is 1. The lowest BCUT2D eigenvalue weighted by Crippen LogP contribution is -2.30. The van der Waals surface area contributed by atoms with Gasteiger partial charge in [0.25, 0.3) is 5.91 Å². The molecule has 0 aromatic heterocycles. The summed E-state index contributed by atoms with van der Waals surface area (Å²) in [6, 6.07) is 12.7. The van der Waals surface area contributed by atoms with Gasteiger partial charge in [0.2, 0.25) is 0 Å². The zero-order chi connectivity index (χ0) is 14.5. The molecule has 2 rings (SSSR count). The van der Waals surface area contributed by atoms with Crippen molar-refractivity contribution in [3.63, 3.8) is 0 Å². The zero-order valence-corrected chi connectivity index (χ0v) is 11.3. The van der Waals surface area contributed by atoms with Crippen molar-refractivity contribution in [3.8, 4) is 5.75 Å². The Bertz CT molecular complexity index is 601. The van der Waals surface area contributed by atoms with Crippen molar-refractivity contribution in [1.82, 2.24) is 5.32 Å². The SMILES string of the molecule is O=C(NC(CO)c1ccccc1)c1cc(O)ccc1Cl. The summed E-state index contributed by atoms with van der Waals surface area (Å²) < 4.78 is 0. The van der Waals surface area contributed by atoms with Gasteiger partial charge < -0.3 is 15.5 Å². The molecule has 104 valence electrons. The van der Waals surface area contributed by atoms with Gasteiger partial charge in [0.05, 0.1) is 23.2 Å². The highest BCUT2D eigenvalue weighted by atomic mass is 35.5. The van der Waals surface area contributed by atoms with Gasteiger partial charge >= 0.3 is 0 Å². The Balaban J connectivity index is 2.20. The Kier molecular flexibility index (Phi) is 4.61. The average Bonchev–Trinajstić information content (AvgIpc) is 2.48. The molecule has 0 saturated heterocycles. The lowest BCUT2D eigenvalue weighted by atomic mass is 10.1. The molecule has 20 heavy (non-hydrogen) atoms. The Morgan fingerprint density at radius 3 is 2.55 bits per heavy atom. The van der Waals surface area contributed by atoms with E-state index in [0.717, 1.165) is 5.56 Å². The summed E-state index contributed by atoms with van der Waals surface area (Å²) in [6.45, 7) is -0.230.